The molecule has 5 heteroatoms. The largest absolute Gasteiger partial charge is 0.400 e. The highest BCUT2D eigenvalue weighted by Crippen LogP contribution is 2.22. The van der Waals surface area contributed by atoms with Gasteiger partial charge in [-0.3, -0.25) is 0 Å². The fourth-order valence-corrected chi connectivity index (χ4v) is 3.35. The molecule has 0 radical (unpaired) electrons. The minimum atomic E-state index is -1.50. The molecule has 0 amide bonds. The van der Waals surface area contributed by atoms with Crippen molar-refractivity contribution in [2.75, 3.05) is 20.8 Å². The number of hydrogen-bond donors (Lipinski definition) is 0. The van der Waals surface area contributed by atoms with Crippen LogP contribution in [0.3, 0.4) is 0 Å². The van der Waals surface area contributed by atoms with Crippen molar-refractivity contribution < 1.29 is 13.6 Å². The van der Waals surface area contributed by atoms with E-state index in [-0.39, 0.29) is 0 Å². The molecule has 0 saturated heterocycles. The third-order valence-electron chi connectivity index (χ3n) is 2.28. The standard InChI is InChI=1S/C9H19NO3Si/c1-4-9(14(12-2)13-3)6-5-7-10-8-11/h9,14H,4-7H2,1-3H3. The third-order valence-corrected chi connectivity index (χ3v) is 4.79. The lowest BCUT2D eigenvalue weighted by Gasteiger charge is -2.20. The third kappa shape index (κ3) is 5.29. The van der Waals surface area contributed by atoms with Crippen LogP contribution in [0.4, 0.5) is 0 Å². The molecule has 0 heterocycles. The Morgan fingerprint density at radius 2 is 2.07 bits per heavy atom. The second-order valence-electron chi connectivity index (χ2n) is 3.12. The van der Waals surface area contributed by atoms with Crippen molar-refractivity contribution in [2.24, 2.45) is 4.99 Å². The van der Waals surface area contributed by atoms with Crippen molar-refractivity contribution >= 4 is 15.4 Å². The normalized spacial score (nSPS) is 12.6. The molecule has 1 unspecified atom stereocenters. The predicted molar refractivity (Wildman–Crippen MR) is 57.4 cm³/mol. The van der Waals surface area contributed by atoms with Crippen LogP contribution in [0.1, 0.15) is 26.2 Å². The molecule has 0 saturated carbocycles. The van der Waals surface area contributed by atoms with E-state index in [1.165, 1.54) is 0 Å². The van der Waals surface area contributed by atoms with Gasteiger partial charge in [-0.2, -0.15) is 0 Å². The molecule has 0 bridgehead atoms. The lowest BCUT2D eigenvalue weighted by atomic mass is 10.2. The van der Waals surface area contributed by atoms with Crippen LogP contribution in [0.15, 0.2) is 4.99 Å². The van der Waals surface area contributed by atoms with Gasteiger partial charge in [0, 0.05) is 14.2 Å². The van der Waals surface area contributed by atoms with E-state index in [0.717, 1.165) is 19.3 Å². The van der Waals surface area contributed by atoms with Crippen LogP contribution in [0.25, 0.3) is 0 Å². The number of aliphatic imine (C=N–C) groups is 1. The van der Waals surface area contributed by atoms with Gasteiger partial charge in [0.05, 0.1) is 6.54 Å². The highest BCUT2D eigenvalue weighted by Gasteiger charge is 2.21. The Labute approximate surface area is 87.2 Å². The minimum absolute atomic E-state index is 0.506. The van der Waals surface area contributed by atoms with Gasteiger partial charge >= 0.3 is 9.28 Å². The topological polar surface area (TPSA) is 47.9 Å². The van der Waals surface area contributed by atoms with E-state index in [0.29, 0.717) is 12.1 Å². The predicted octanol–water partition coefficient (Wildman–Crippen LogP) is 1.40. The molecule has 0 rings (SSSR count). The fraction of sp³-hybridized carbons (Fsp3) is 0.889. The van der Waals surface area contributed by atoms with Crippen molar-refractivity contribution in [3.63, 3.8) is 0 Å². The zero-order valence-corrected chi connectivity index (χ0v) is 10.3. The van der Waals surface area contributed by atoms with E-state index < -0.39 is 9.28 Å². The van der Waals surface area contributed by atoms with Gasteiger partial charge in [0.2, 0.25) is 6.08 Å². The average Bonchev–Trinajstić information content (AvgIpc) is 2.23. The smallest absolute Gasteiger partial charge is 0.324 e. The number of nitrogens with zero attached hydrogens (tertiary/aromatic N) is 1. The quantitative estimate of drug-likeness (QED) is 0.267. The first-order chi connectivity index (χ1) is 6.79. The molecule has 82 valence electrons. The van der Waals surface area contributed by atoms with E-state index >= 15 is 0 Å². The van der Waals surface area contributed by atoms with E-state index in [9.17, 15) is 4.79 Å². The van der Waals surface area contributed by atoms with Gasteiger partial charge in [0.15, 0.2) is 0 Å². The number of isocyanates is 1. The molecule has 0 aromatic heterocycles. The fourth-order valence-electron chi connectivity index (χ4n) is 1.49. The molecular weight excluding hydrogens is 198 g/mol. The molecule has 0 aliphatic heterocycles. The molecule has 0 aliphatic carbocycles. The number of rotatable bonds is 8. The molecular formula is C9H19NO3Si. The lowest BCUT2D eigenvalue weighted by molar-refractivity contribution is 0.260. The van der Waals surface area contributed by atoms with Crippen LogP contribution in [-0.2, 0) is 13.6 Å². The summed E-state index contributed by atoms with van der Waals surface area (Å²) in [4.78, 5) is 13.4. The Bertz CT molecular complexity index is 179. The second kappa shape index (κ2) is 9.09. The van der Waals surface area contributed by atoms with Crippen LogP contribution in [0, 0.1) is 0 Å². The van der Waals surface area contributed by atoms with Crippen LogP contribution in [0.5, 0.6) is 0 Å². The maximum Gasteiger partial charge on any atom is 0.324 e. The summed E-state index contributed by atoms with van der Waals surface area (Å²) in [5, 5.41) is 0. The second-order valence-corrected chi connectivity index (χ2v) is 5.75. The van der Waals surface area contributed by atoms with Crippen molar-refractivity contribution in [3.8, 4) is 0 Å². The molecule has 14 heavy (non-hydrogen) atoms. The molecule has 0 aliphatic rings. The highest BCUT2D eigenvalue weighted by atomic mass is 28.3. The molecule has 0 fully saturated rings. The molecule has 1 atom stereocenters. The first-order valence-corrected chi connectivity index (χ1v) is 6.50. The molecule has 0 spiro atoms. The number of hydrogen-bond acceptors (Lipinski definition) is 4. The zero-order valence-electron chi connectivity index (χ0n) is 9.16. The average molecular weight is 217 g/mol. The lowest BCUT2D eigenvalue weighted by Crippen LogP contribution is -2.26. The van der Waals surface area contributed by atoms with Gasteiger partial charge in [-0.15, -0.1) is 0 Å². The van der Waals surface area contributed by atoms with Crippen LogP contribution < -0.4 is 0 Å². The summed E-state index contributed by atoms with van der Waals surface area (Å²) in [5.74, 6) is 0. The highest BCUT2D eigenvalue weighted by molar-refractivity contribution is 6.46. The van der Waals surface area contributed by atoms with Crippen LogP contribution >= 0.6 is 0 Å². The summed E-state index contributed by atoms with van der Waals surface area (Å²) in [5.41, 5.74) is 0.506. The van der Waals surface area contributed by atoms with E-state index in [1.807, 2.05) is 0 Å². The molecule has 4 nitrogen and oxygen atoms in total. The zero-order chi connectivity index (χ0) is 10.8. The van der Waals surface area contributed by atoms with Crippen LogP contribution in [0.2, 0.25) is 5.54 Å². The maximum atomic E-state index is 9.83. The monoisotopic (exact) mass is 217 g/mol. The van der Waals surface area contributed by atoms with Gasteiger partial charge in [0.1, 0.15) is 0 Å². The van der Waals surface area contributed by atoms with E-state index in [2.05, 4.69) is 11.9 Å². The first-order valence-electron chi connectivity index (χ1n) is 4.89. The van der Waals surface area contributed by atoms with Gasteiger partial charge in [-0.05, 0) is 18.4 Å². The number of carbonyl (C=O) groups excluding carboxylic acids is 1. The summed E-state index contributed by atoms with van der Waals surface area (Å²) in [6.07, 6.45) is 4.52. The Kier molecular flexibility index (Phi) is 8.77. The summed E-state index contributed by atoms with van der Waals surface area (Å²) in [6.45, 7) is 2.69. The SMILES string of the molecule is CCC(CCCN=C=O)[SiH](OC)OC. The van der Waals surface area contributed by atoms with Crippen molar-refractivity contribution in [3.05, 3.63) is 0 Å². The van der Waals surface area contributed by atoms with Crippen molar-refractivity contribution in [1.82, 2.24) is 0 Å². The maximum absolute atomic E-state index is 9.83. The first kappa shape index (κ1) is 13.5. The summed E-state index contributed by atoms with van der Waals surface area (Å²) in [7, 11) is 1.90. The van der Waals surface area contributed by atoms with Gasteiger partial charge in [0.25, 0.3) is 0 Å². The van der Waals surface area contributed by atoms with Gasteiger partial charge in [-0.1, -0.05) is 13.3 Å². The van der Waals surface area contributed by atoms with Crippen molar-refractivity contribution in [1.29, 1.82) is 0 Å². The van der Waals surface area contributed by atoms with Gasteiger partial charge < -0.3 is 8.85 Å². The Morgan fingerprint density at radius 1 is 1.43 bits per heavy atom. The van der Waals surface area contributed by atoms with Crippen molar-refractivity contribution in [2.45, 2.75) is 31.7 Å². The summed E-state index contributed by atoms with van der Waals surface area (Å²) < 4.78 is 10.6. The van der Waals surface area contributed by atoms with E-state index in [1.54, 1.807) is 20.3 Å². The van der Waals surface area contributed by atoms with Crippen LogP contribution in [-0.4, -0.2) is 36.1 Å². The molecule has 0 aromatic rings. The van der Waals surface area contributed by atoms with Gasteiger partial charge in [-0.25, -0.2) is 9.79 Å². The molecule has 0 aromatic carbocycles. The Balaban J connectivity index is 3.82. The summed E-state index contributed by atoms with van der Waals surface area (Å²) in [6, 6.07) is 0. The Morgan fingerprint density at radius 3 is 2.50 bits per heavy atom. The summed E-state index contributed by atoms with van der Waals surface area (Å²) >= 11 is 0. The minimum Gasteiger partial charge on any atom is -0.400 e. The van der Waals surface area contributed by atoms with E-state index in [4.69, 9.17) is 8.85 Å². The molecule has 0 N–H and O–H groups in total. The Hall–Kier alpha value is -0.483.